The van der Waals surface area contributed by atoms with E-state index in [0.717, 1.165) is 31.0 Å². The maximum atomic E-state index is 12.9. The van der Waals surface area contributed by atoms with Crippen molar-refractivity contribution in [2.24, 2.45) is 5.92 Å². The fourth-order valence-corrected chi connectivity index (χ4v) is 4.44. The third kappa shape index (κ3) is 5.25. The molecule has 4 rings (SSSR count). The number of likely N-dealkylation sites (tertiary alicyclic amines) is 1. The molecule has 2 fully saturated rings. The Hall–Kier alpha value is -2.86. The molecule has 2 aliphatic heterocycles. The van der Waals surface area contributed by atoms with Crippen LogP contribution in [0.4, 0.5) is 11.4 Å². The molecule has 0 aromatic heterocycles. The number of amides is 2. The van der Waals surface area contributed by atoms with E-state index in [2.05, 4.69) is 16.3 Å². The van der Waals surface area contributed by atoms with Crippen molar-refractivity contribution in [1.82, 2.24) is 4.90 Å². The fraction of sp³-hybridized carbons (Fsp3) is 0.440. The third-order valence-electron chi connectivity index (χ3n) is 6.00. The maximum Gasteiger partial charge on any atom is 0.229 e. The summed E-state index contributed by atoms with van der Waals surface area (Å²) in [5, 5.41) is 3.03. The fourth-order valence-electron chi connectivity index (χ4n) is 4.44. The monoisotopic (exact) mass is 421 g/mol. The number of hydrogen-bond acceptors (Lipinski definition) is 4. The molecular weight excluding hydrogens is 390 g/mol. The molecule has 0 bridgehead atoms. The Morgan fingerprint density at radius 1 is 1.10 bits per heavy atom. The number of piperidine rings is 1. The Morgan fingerprint density at radius 3 is 2.71 bits per heavy atom. The van der Waals surface area contributed by atoms with Crippen LogP contribution in [0.25, 0.3) is 0 Å². The van der Waals surface area contributed by atoms with Crippen molar-refractivity contribution >= 4 is 23.2 Å². The van der Waals surface area contributed by atoms with E-state index in [9.17, 15) is 9.59 Å². The summed E-state index contributed by atoms with van der Waals surface area (Å²) in [6.45, 7) is 5.99. The zero-order valence-electron chi connectivity index (χ0n) is 18.2. The summed E-state index contributed by atoms with van der Waals surface area (Å²) in [4.78, 5) is 29.7. The summed E-state index contributed by atoms with van der Waals surface area (Å²) < 4.78 is 5.67. The summed E-state index contributed by atoms with van der Waals surface area (Å²) in [5.74, 6) is 0.128. The molecule has 6 heteroatoms. The van der Waals surface area contributed by atoms with Gasteiger partial charge in [0.05, 0.1) is 18.2 Å². The van der Waals surface area contributed by atoms with Crippen LogP contribution in [0.1, 0.15) is 38.2 Å². The van der Waals surface area contributed by atoms with Crippen LogP contribution in [0, 0.1) is 5.92 Å². The SMILES string of the molecule is CCOc1ccccc1N1CC(C(=O)Nc2cccc(CN3CCCCC3)c2)CC1=O. The normalized spacial score (nSPS) is 19.5. The largest absolute Gasteiger partial charge is 0.492 e. The van der Waals surface area contributed by atoms with Gasteiger partial charge in [-0.3, -0.25) is 14.5 Å². The highest BCUT2D eigenvalue weighted by molar-refractivity contribution is 6.04. The molecule has 6 nitrogen and oxygen atoms in total. The minimum absolute atomic E-state index is 0.0499. The topological polar surface area (TPSA) is 61.9 Å². The van der Waals surface area contributed by atoms with E-state index in [4.69, 9.17) is 4.74 Å². The predicted molar refractivity (Wildman–Crippen MR) is 122 cm³/mol. The quantitative estimate of drug-likeness (QED) is 0.732. The second-order valence-electron chi connectivity index (χ2n) is 8.33. The number of rotatable bonds is 7. The van der Waals surface area contributed by atoms with Crippen molar-refractivity contribution in [3.05, 3.63) is 54.1 Å². The lowest BCUT2D eigenvalue weighted by Gasteiger charge is -2.26. The van der Waals surface area contributed by atoms with Gasteiger partial charge in [-0.05, 0) is 62.7 Å². The molecule has 2 amide bonds. The van der Waals surface area contributed by atoms with Gasteiger partial charge in [-0.1, -0.05) is 30.7 Å². The molecule has 0 radical (unpaired) electrons. The van der Waals surface area contributed by atoms with Crippen molar-refractivity contribution in [3.63, 3.8) is 0 Å². The highest BCUT2D eigenvalue weighted by atomic mass is 16.5. The standard InChI is InChI=1S/C25H31N3O3/c1-2-31-23-12-5-4-11-22(23)28-18-20(16-24(28)29)25(30)26-21-10-8-9-19(15-21)17-27-13-6-3-7-14-27/h4-5,8-12,15,20H,2-3,6-7,13-14,16-18H2,1H3,(H,26,30). The number of hydrogen-bond donors (Lipinski definition) is 1. The first-order valence-corrected chi connectivity index (χ1v) is 11.3. The molecule has 0 saturated carbocycles. The molecule has 1 atom stereocenters. The van der Waals surface area contributed by atoms with Crippen molar-refractivity contribution in [1.29, 1.82) is 0 Å². The van der Waals surface area contributed by atoms with Crippen molar-refractivity contribution in [3.8, 4) is 5.75 Å². The van der Waals surface area contributed by atoms with Gasteiger partial charge in [0.15, 0.2) is 0 Å². The maximum absolute atomic E-state index is 12.9. The minimum atomic E-state index is -0.382. The highest BCUT2D eigenvalue weighted by Gasteiger charge is 2.36. The Bertz CT molecular complexity index is 924. The number of ether oxygens (including phenoxy) is 1. The van der Waals surface area contributed by atoms with Crippen LogP contribution in [-0.2, 0) is 16.1 Å². The molecule has 2 aromatic carbocycles. The van der Waals surface area contributed by atoms with E-state index in [0.29, 0.717) is 18.9 Å². The van der Waals surface area contributed by atoms with Gasteiger partial charge in [-0.15, -0.1) is 0 Å². The van der Waals surface area contributed by atoms with Crippen LogP contribution in [-0.4, -0.2) is 43.0 Å². The van der Waals surface area contributed by atoms with E-state index in [1.165, 1.54) is 24.8 Å². The number of carbonyl (C=O) groups is 2. The molecular formula is C25H31N3O3. The average molecular weight is 422 g/mol. The summed E-state index contributed by atoms with van der Waals surface area (Å²) in [6, 6.07) is 15.5. The number of nitrogens with zero attached hydrogens (tertiary/aromatic N) is 2. The Kier molecular flexibility index (Phi) is 6.87. The van der Waals surface area contributed by atoms with E-state index in [1.54, 1.807) is 4.90 Å². The molecule has 1 N–H and O–H groups in total. The van der Waals surface area contributed by atoms with E-state index < -0.39 is 0 Å². The van der Waals surface area contributed by atoms with E-state index in [1.807, 2.05) is 49.4 Å². The highest BCUT2D eigenvalue weighted by Crippen LogP contribution is 2.33. The van der Waals surface area contributed by atoms with Gasteiger partial charge < -0.3 is 15.0 Å². The summed E-state index contributed by atoms with van der Waals surface area (Å²) >= 11 is 0. The minimum Gasteiger partial charge on any atom is -0.492 e. The number of nitrogens with one attached hydrogen (secondary N) is 1. The summed E-state index contributed by atoms with van der Waals surface area (Å²) in [7, 11) is 0. The first-order chi connectivity index (χ1) is 15.1. The first-order valence-electron chi connectivity index (χ1n) is 11.3. The van der Waals surface area contributed by atoms with Gasteiger partial charge in [0.1, 0.15) is 5.75 Å². The third-order valence-corrected chi connectivity index (χ3v) is 6.00. The summed E-state index contributed by atoms with van der Waals surface area (Å²) in [5.41, 5.74) is 2.72. The van der Waals surface area contributed by atoms with Crippen LogP contribution in [0.5, 0.6) is 5.75 Å². The molecule has 1 unspecified atom stereocenters. The molecule has 0 aliphatic carbocycles. The lowest BCUT2D eigenvalue weighted by Crippen LogP contribution is -2.29. The lowest BCUT2D eigenvalue weighted by molar-refractivity contribution is -0.122. The zero-order valence-corrected chi connectivity index (χ0v) is 18.2. The van der Waals surface area contributed by atoms with Crippen LogP contribution >= 0.6 is 0 Å². The van der Waals surface area contributed by atoms with Gasteiger partial charge in [-0.2, -0.15) is 0 Å². The van der Waals surface area contributed by atoms with Gasteiger partial charge in [0, 0.05) is 25.2 Å². The van der Waals surface area contributed by atoms with Crippen LogP contribution < -0.4 is 15.0 Å². The Balaban J connectivity index is 1.39. The van der Waals surface area contributed by atoms with Crippen LogP contribution in [0.15, 0.2) is 48.5 Å². The molecule has 164 valence electrons. The number of anilines is 2. The average Bonchev–Trinajstić information content (AvgIpc) is 3.17. The van der Waals surface area contributed by atoms with Crippen LogP contribution in [0.2, 0.25) is 0 Å². The Labute approximate surface area is 184 Å². The van der Waals surface area contributed by atoms with Crippen molar-refractivity contribution < 1.29 is 14.3 Å². The smallest absolute Gasteiger partial charge is 0.229 e. The number of benzene rings is 2. The van der Waals surface area contributed by atoms with Gasteiger partial charge in [0.25, 0.3) is 0 Å². The molecule has 2 saturated heterocycles. The molecule has 2 heterocycles. The second kappa shape index (κ2) is 9.96. The summed E-state index contributed by atoms with van der Waals surface area (Å²) in [6.07, 6.45) is 4.04. The van der Waals surface area contributed by atoms with E-state index in [-0.39, 0.29) is 24.2 Å². The Morgan fingerprint density at radius 2 is 1.90 bits per heavy atom. The van der Waals surface area contributed by atoms with Gasteiger partial charge in [0.2, 0.25) is 11.8 Å². The molecule has 2 aromatic rings. The second-order valence-corrected chi connectivity index (χ2v) is 8.33. The lowest BCUT2D eigenvalue weighted by atomic mass is 10.1. The molecule has 31 heavy (non-hydrogen) atoms. The molecule has 0 spiro atoms. The van der Waals surface area contributed by atoms with Crippen molar-refractivity contribution in [2.45, 2.75) is 39.2 Å². The molecule has 2 aliphatic rings. The van der Waals surface area contributed by atoms with Gasteiger partial charge in [-0.25, -0.2) is 0 Å². The van der Waals surface area contributed by atoms with E-state index >= 15 is 0 Å². The first kappa shape index (κ1) is 21.4. The van der Waals surface area contributed by atoms with Crippen LogP contribution in [0.3, 0.4) is 0 Å². The number of carbonyl (C=O) groups excluding carboxylic acids is 2. The van der Waals surface area contributed by atoms with Gasteiger partial charge >= 0.3 is 0 Å². The van der Waals surface area contributed by atoms with Crippen molar-refractivity contribution in [2.75, 3.05) is 36.5 Å². The predicted octanol–water partition coefficient (Wildman–Crippen LogP) is 4.06. The zero-order chi connectivity index (χ0) is 21.6. The number of para-hydroxylation sites is 2.